The van der Waals surface area contributed by atoms with Gasteiger partial charge in [-0.1, -0.05) is 0 Å². The van der Waals surface area contributed by atoms with Gasteiger partial charge in [0.2, 0.25) is 5.95 Å². The number of nitrogens with zero attached hydrogens (tertiary/aromatic N) is 4. The highest BCUT2D eigenvalue weighted by atomic mass is 16.5. The SMILES string of the molecule is COC(=O)c1ccnc(NCCN2CCN(c3cc(OC)ccc3OC)CC2)n1. The summed E-state index contributed by atoms with van der Waals surface area (Å²) in [6.07, 6.45) is 1.54. The molecule has 0 saturated carbocycles. The Labute approximate surface area is 170 Å². The van der Waals surface area contributed by atoms with Crippen molar-refractivity contribution in [2.45, 2.75) is 0 Å². The number of methoxy groups -OCH3 is 3. The number of ether oxygens (including phenoxy) is 3. The third kappa shape index (κ3) is 5.26. The lowest BCUT2D eigenvalue weighted by Gasteiger charge is -2.36. The molecule has 0 aliphatic carbocycles. The monoisotopic (exact) mass is 401 g/mol. The molecule has 1 aliphatic rings. The first-order chi connectivity index (χ1) is 14.1. The molecule has 156 valence electrons. The number of carbonyl (C=O) groups is 1. The Morgan fingerprint density at radius 2 is 1.90 bits per heavy atom. The fraction of sp³-hybridized carbons (Fsp3) is 0.450. The van der Waals surface area contributed by atoms with E-state index in [9.17, 15) is 4.79 Å². The molecule has 9 heteroatoms. The lowest BCUT2D eigenvalue weighted by Crippen LogP contribution is -2.47. The normalized spacial score (nSPS) is 14.4. The summed E-state index contributed by atoms with van der Waals surface area (Å²) in [5.41, 5.74) is 1.29. The van der Waals surface area contributed by atoms with Gasteiger partial charge in [0.05, 0.1) is 27.0 Å². The van der Waals surface area contributed by atoms with Crippen molar-refractivity contribution in [3.63, 3.8) is 0 Å². The van der Waals surface area contributed by atoms with E-state index in [2.05, 4.69) is 29.8 Å². The van der Waals surface area contributed by atoms with E-state index in [1.165, 1.54) is 13.2 Å². The minimum absolute atomic E-state index is 0.242. The summed E-state index contributed by atoms with van der Waals surface area (Å²) in [4.78, 5) is 24.5. The molecule has 0 amide bonds. The molecule has 2 aromatic rings. The van der Waals surface area contributed by atoms with Gasteiger partial charge in [0.15, 0.2) is 5.69 Å². The molecule has 0 bridgehead atoms. The van der Waals surface area contributed by atoms with Gasteiger partial charge in [-0.05, 0) is 18.2 Å². The summed E-state index contributed by atoms with van der Waals surface area (Å²) < 4.78 is 15.5. The van der Waals surface area contributed by atoms with E-state index in [-0.39, 0.29) is 5.69 Å². The lowest BCUT2D eigenvalue weighted by atomic mass is 10.2. The standard InChI is InChI=1S/C20H27N5O4/c1-27-15-4-5-18(28-2)17(14-15)25-12-10-24(11-13-25)9-8-22-20-21-7-6-16(23-20)19(26)29-3/h4-7,14H,8-13H2,1-3H3,(H,21,22,23). The van der Waals surface area contributed by atoms with Crippen LogP contribution in [0.5, 0.6) is 11.5 Å². The van der Waals surface area contributed by atoms with Crippen LogP contribution in [0, 0.1) is 0 Å². The molecule has 29 heavy (non-hydrogen) atoms. The molecule has 1 aliphatic heterocycles. The molecule has 1 saturated heterocycles. The van der Waals surface area contributed by atoms with Crippen LogP contribution in [0.2, 0.25) is 0 Å². The quantitative estimate of drug-likeness (QED) is 0.661. The van der Waals surface area contributed by atoms with Crippen LogP contribution in [-0.4, -0.2) is 81.4 Å². The molecule has 9 nitrogen and oxygen atoms in total. The number of hydrogen-bond acceptors (Lipinski definition) is 9. The van der Waals surface area contributed by atoms with Crippen LogP contribution in [0.3, 0.4) is 0 Å². The molecule has 2 heterocycles. The average Bonchev–Trinajstić information content (AvgIpc) is 2.78. The summed E-state index contributed by atoms with van der Waals surface area (Å²) in [5.74, 6) is 1.62. The number of esters is 1. The van der Waals surface area contributed by atoms with E-state index in [4.69, 9.17) is 9.47 Å². The number of aromatic nitrogens is 2. The van der Waals surface area contributed by atoms with Gasteiger partial charge < -0.3 is 24.4 Å². The van der Waals surface area contributed by atoms with Crippen molar-refractivity contribution < 1.29 is 19.0 Å². The Kier molecular flexibility index (Phi) is 7.07. The third-order valence-electron chi connectivity index (χ3n) is 4.86. The zero-order valence-corrected chi connectivity index (χ0v) is 17.1. The zero-order valence-electron chi connectivity index (χ0n) is 17.1. The van der Waals surface area contributed by atoms with Crippen molar-refractivity contribution in [2.24, 2.45) is 0 Å². The van der Waals surface area contributed by atoms with E-state index in [0.29, 0.717) is 12.5 Å². The van der Waals surface area contributed by atoms with E-state index >= 15 is 0 Å². The fourth-order valence-corrected chi connectivity index (χ4v) is 3.24. The summed E-state index contributed by atoms with van der Waals surface area (Å²) in [7, 11) is 4.68. The molecule has 1 N–H and O–H groups in total. The van der Waals surface area contributed by atoms with E-state index < -0.39 is 5.97 Å². The fourth-order valence-electron chi connectivity index (χ4n) is 3.24. The number of anilines is 2. The summed E-state index contributed by atoms with van der Waals surface area (Å²) >= 11 is 0. The third-order valence-corrected chi connectivity index (χ3v) is 4.86. The van der Waals surface area contributed by atoms with Gasteiger partial charge >= 0.3 is 5.97 Å². The molecule has 0 spiro atoms. The van der Waals surface area contributed by atoms with Crippen LogP contribution < -0.4 is 19.7 Å². The maximum atomic E-state index is 11.6. The number of carbonyl (C=O) groups excluding carboxylic acids is 1. The van der Waals surface area contributed by atoms with Crippen LogP contribution in [0.1, 0.15) is 10.5 Å². The second-order valence-corrected chi connectivity index (χ2v) is 6.55. The number of nitrogens with one attached hydrogen (secondary N) is 1. The molecule has 1 fully saturated rings. The summed E-state index contributed by atoms with van der Waals surface area (Å²) in [5, 5.41) is 3.17. The number of hydrogen-bond donors (Lipinski definition) is 1. The minimum Gasteiger partial charge on any atom is -0.497 e. The smallest absolute Gasteiger partial charge is 0.356 e. The minimum atomic E-state index is -0.473. The summed E-state index contributed by atoms with van der Waals surface area (Å²) in [6.45, 7) is 5.22. The molecule has 1 aromatic heterocycles. The Balaban J connectivity index is 1.49. The van der Waals surface area contributed by atoms with Gasteiger partial charge in [-0.2, -0.15) is 0 Å². The van der Waals surface area contributed by atoms with Gasteiger partial charge in [0, 0.05) is 51.5 Å². The van der Waals surface area contributed by atoms with Crippen molar-refractivity contribution in [3.8, 4) is 11.5 Å². The van der Waals surface area contributed by atoms with E-state index in [0.717, 1.165) is 49.9 Å². The molecule has 1 aromatic carbocycles. The highest BCUT2D eigenvalue weighted by molar-refractivity contribution is 5.87. The Morgan fingerprint density at radius 3 is 2.59 bits per heavy atom. The first kappa shape index (κ1) is 20.7. The van der Waals surface area contributed by atoms with Crippen molar-refractivity contribution in [1.29, 1.82) is 0 Å². The Morgan fingerprint density at radius 1 is 1.10 bits per heavy atom. The van der Waals surface area contributed by atoms with Gasteiger partial charge in [-0.3, -0.25) is 4.90 Å². The Bertz CT molecular complexity index is 824. The largest absolute Gasteiger partial charge is 0.497 e. The van der Waals surface area contributed by atoms with Gasteiger partial charge in [-0.25, -0.2) is 14.8 Å². The van der Waals surface area contributed by atoms with Gasteiger partial charge in [0.1, 0.15) is 11.5 Å². The van der Waals surface area contributed by atoms with Crippen molar-refractivity contribution in [2.75, 3.05) is 70.8 Å². The van der Waals surface area contributed by atoms with Gasteiger partial charge in [0.25, 0.3) is 0 Å². The van der Waals surface area contributed by atoms with Crippen molar-refractivity contribution in [1.82, 2.24) is 14.9 Å². The number of piperazine rings is 1. The highest BCUT2D eigenvalue weighted by Gasteiger charge is 2.20. The molecule has 3 rings (SSSR count). The number of benzene rings is 1. The predicted molar refractivity (Wildman–Crippen MR) is 110 cm³/mol. The van der Waals surface area contributed by atoms with E-state index in [1.807, 2.05) is 18.2 Å². The number of rotatable bonds is 8. The lowest BCUT2D eigenvalue weighted by molar-refractivity contribution is 0.0594. The topological polar surface area (TPSA) is 89.1 Å². The van der Waals surface area contributed by atoms with Crippen LogP contribution in [0.25, 0.3) is 0 Å². The molecule has 0 unspecified atom stereocenters. The van der Waals surface area contributed by atoms with Crippen molar-refractivity contribution in [3.05, 3.63) is 36.2 Å². The first-order valence-corrected chi connectivity index (χ1v) is 9.49. The van der Waals surface area contributed by atoms with Crippen molar-refractivity contribution >= 4 is 17.6 Å². The van der Waals surface area contributed by atoms with Gasteiger partial charge in [-0.15, -0.1) is 0 Å². The van der Waals surface area contributed by atoms with Crippen LogP contribution in [0.15, 0.2) is 30.5 Å². The Hall–Kier alpha value is -3.07. The second kappa shape index (κ2) is 9.92. The van der Waals surface area contributed by atoms with E-state index in [1.54, 1.807) is 20.4 Å². The van der Waals surface area contributed by atoms with Crippen LogP contribution >= 0.6 is 0 Å². The highest BCUT2D eigenvalue weighted by Crippen LogP contribution is 2.32. The maximum Gasteiger partial charge on any atom is 0.356 e. The molecular weight excluding hydrogens is 374 g/mol. The maximum absolute atomic E-state index is 11.6. The second-order valence-electron chi connectivity index (χ2n) is 6.55. The van der Waals surface area contributed by atoms with Crippen LogP contribution in [-0.2, 0) is 4.74 Å². The molecule has 0 radical (unpaired) electrons. The molecule has 0 atom stereocenters. The zero-order chi connectivity index (χ0) is 20.6. The van der Waals surface area contributed by atoms with Crippen LogP contribution in [0.4, 0.5) is 11.6 Å². The predicted octanol–water partition coefficient (Wildman–Crippen LogP) is 1.51. The molecular formula is C20H27N5O4. The summed E-state index contributed by atoms with van der Waals surface area (Å²) in [6, 6.07) is 7.39. The average molecular weight is 401 g/mol. The first-order valence-electron chi connectivity index (χ1n) is 9.49.